The van der Waals surface area contributed by atoms with Crippen molar-refractivity contribution in [1.82, 2.24) is 0 Å². The first kappa shape index (κ1) is 7.77. The van der Waals surface area contributed by atoms with E-state index in [1.807, 2.05) is 0 Å². The first-order chi connectivity index (χ1) is 4.52. The molecule has 0 aromatic carbocycles. The normalized spacial score (nSPS) is 32.3. The molecule has 1 aliphatic rings. The molecule has 1 aliphatic carbocycles. The Morgan fingerprint density at radius 3 is 2.50 bits per heavy atom. The number of hydrogen-bond acceptors (Lipinski definition) is 1. The summed E-state index contributed by atoms with van der Waals surface area (Å²) in [5.74, 6) is 1.16. The molecule has 0 aliphatic heterocycles. The van der Waals surface area contributed by atoms with Crippen LogP contribution in [0.5, 0.6) is 0 Å². The third kappa shape index (κ3) is 1.39. The van der Waals surface area contributed by atoms with Gasteiger partial charge in [0.05, 0.1) is 0 Å². The quantitative estimate of drug-likeness (QED) is 0.505. The van der Waals surface area contributed by atoms with Crippen LogP contribution in [0.2, 0.25) is 0 Å². The first-order valence-corrected chi connectivity index (χ1v) is 4.04. The molecule has 0 bridgehead atoms. The maximum Gasteiger partial charge on any atom is 0.133 e. The molecule has 0 aromatic heterocycles. The summed E-state index contributed by atoms with van der Waals surface area (Å²) in [7, 11) is 0. The van der Waals surface area contributed by atoms with Crippen LogP contribution >= 0.6 is 0 Å². The van der Waals surface area contributed by atoms with Gasteiger partial charge < -0.3 is 0 Å². The Bertz CT molecular complexity index is 147. The number of ketones is 1. The van der Waals surface area contributed by atoms with Crippen molar-refractivity contribution in [3.8, 4) is 0 Å². The van der Waals surface area contributed by atoms with Gasteiger partial charge in [-0.15, -0.1) is 0 Å². The highest BCUT2D eigenvalue weighted by Crippen LogP contribution is 2.38. The summed E-state index contributed by atoms with van der Waals surface area (Å²) in [4.78, 5) is 11.0. The van der Waals surface area contributed by atoms with Gasteiger partial charge in [0.2, 0.25) is 0 Å². The van der Waals surface area contributed by atoms with Gasteiger partial charge in [0.25, 0.3) is 0 Å². The molecule has 0 amide bonds. The van der Waals surface area contributed by atoms with Crippen molar-refractivity contribution in [2.75, 3.05) is 0 Å². The molecular weight excluding hydrogens is 124 g/mol. The van der Waals surface area contributed by atoms with Crippen LogP contribution in [0.4, 0.5) is 0 Å². The van der Waals surface area contributed by atoms with Gasteiger partial charge in [0, 0.05) is 12.8 Å². The molecule has 10 heavy (non-hydrogen) atoms. The SMILES string of the molecule is C[C@@H]1CCC(=O)CC1(C)C. The largest absolute Gasteiger partial charge is 0.300 e. The van der Waals surface area contributed by atoms with E-state index in [1.165, 1.54) is 0 Å². The summed E-state index contributed by atoms with van der Waals surface area (Å²) in [6, 6.07) is 0. The molecule has 1 fully saturated rings. The number of Topliss-reactive ketones (excluding diaryl/α,β-unsaturated/α-hetero) is 1. The molecule has 0 N–H and O–H groups in total. The Balaban J connectivity index is 2.63. The standard InChI is InChI=1S/C9H16O/c1-7-4-5-8(10)6-9(7,2)3/h7H,4-6H2,1-3H3/t7-/m1/s1. The molecule has 1 rings (SSSR count). The van der Waals surface area contributed by atoms with Crippen molar-refractivity contribution >= 4 is 5.78 Å². The van der Waals surface area contributed by atoms with E-state index in [0.717, 1.165) is 19.3 Å². The van der Waals surface area contributed by atoms with E-state index in [2.05, 4.69) is 20.8 Å². The van der Waals surface area contributed by atoms with E-state index in [0.29, 0.717) is 11.7 Å². The van der Waals surface area contributed by atoms with Crippen LogP contribution < -0.4 is 0 Å². The third-order valence-electron chi connectivity index (χ3n) is 2.84. The van der Waals surface area contributed by atoms with Crippen LogP contribution in [-0.4, -0.2) is 5.78 Å². The van der Waals surface area contributed by atoms with Crippen molar-refractivity contribution in [1.29, 1.82) is 0 Å². The molecule has 0 unspecified atom stereocenters. The van der Waals surface area contributed by atoms with Gasteiger partial charge in [0.15, 0.2) is 0 Å². The van der Waals surface area contributed by atoms with Gasteiger partial charge in [-0.2, -0.15) is 0 Å². The first-order valence-electron chi connectivity index (χ1n) is 4.04. The van der Waals surface area contributed by atoms with Crippen LogP contribution in [0, 0.1) is 11.3 Å². The lowest BCUT2D eigenvalue weighted by Gasteiger charge is -2.35. The molecule has 1 heteroatoms. The van der Waals surface area contributed by atoms with Crippen LogP contribution in [0.15, 0.2) is 0 Å². The smallest absolute Gasteiger partial charge is 0.133 e. The van der Waals surface area contributed by atoms with Gasteiger partial charge in [-0.3, -0.25) is 4.79 Å². The van der Waals surface area contributed by atoms with E-state index in [1.54, 1.807) is 0 Å². The highest BCUT2D eigenvalue weighted by Gasteiger charge is 2.32. The lowest BCUT2D eigenvalue weighted by Crippen LogP contribution is -2.30. The van der Waals surface area contributed by atoms with Crippen molar-refractivity contribution in [3.63, 3.8) is 0 Å². The molecule has 0 spiro atoms. The van der Waals surface area contributed by atoms with E-state index < -0.39 is 0 Å². The number of hydrogen-bond donors (Lipinski definition) is 0. The van der Waals surface area contributed by atoms with Crippen LogP contribution in [0.25, 0.3) is 0 Å². The van der Waals surface area contributed by atoms with Crippen molar-refractivity contribution in [2.45, 2.75) is 40.0 Å². The molecule has 1 nitrogen and oxygen atoms in total. The molecule has 0 heterocycles. The maximum atomic E-state index is 11.0. The second kappa shape index (κ2) is 2.37. The minimum atomic E-state index is 0.259. The average molecular weight is 140 g/mol. The van der Waals surface area contributed by atoms with E-state index in [-0.39, 0.29) is 5.41 Å². The molecule has 58 valence electrons. The zero-order valence-corrected chi connectivity index (χ0v) is 7.11. The Hall–Kier alpha value is -0.330. The Morgan fingerprint density at radius 1 is 1.50 bits per heavy atom. The molecule has 1 saturated carbocycles. The van der Waals surface area contributed by atoms with Crippen molar-refractivity contribution < 1.29 is 4.79 Å². The van der Waals surface area contributed by atoms with Crippen LogP contribution in [0.3, 0.4) is 0 Å². The predicted octanol–water partition coefficient (Wildman–Crippen LogP) is 2.40. The summed E-state index contributed by atoms with van der Waals surface area (Å²) in [5.41, 5.74) is 0.259. The third-order valence-corrected chi connectivity index (χ3v) is 2.84. The number of carbonyl (C=O) groups excluding carboxylic acids is 1. The lowest BCUT2D eigenvalue weighted by molar-refractivity contribution is -0.124. The fourth-order valence-electron chi connectivity index (χ4n) is 1.54. The number of rotatable bonds is 0. The molecule has 0 saturated heterocycles. The minimum Gasteiger partial charge on any atom is -0.300 e. The molecule has 0 aromatic rings. The summed E-state index contributed by atoms with van der Waals surface area (Å²) in [5, 5.41) is 0. The fourth-order valence-corrected chi connectivity index (χ4v) is 1.54. The van der Waals surface area contributed by atoms with Crippen LogP contribution in [0.1, 0.15) is 40.0 Å². The van der Waals surface area contributed by atoms with Crippen molar-refractivity contribution in [3.05, 3.63) is 0 Å². The summed E-state index contributed by atoms with van der Waals surface area (Å²) >= 11 is 0. The van der Waals surface area contributed by atoms with Gasteiger partial charge in [-0.05, 0) is 17.8 Å². The molecule has 1 atom stereocenters. The van der Waals surface area contributed by atoms with E-state index >= 15 is 0 Å². The summed E-state index contributed by atoms with van der Waals surface area (Å²) in [6.45, 7) is 6.62. The Labute approximate surface area is 62.8 Å². The molecular formula is C9H16O. The van der Waals surface area contributed by atoms with Crippen molar-refractivity contribution in [2.24, 2.45) is 11.3 Å². The van der Waals surface area contributed by atoms with E-state index in [4.69, 9.17) is 0 Å². The highest BCUT2D eigenvalue weighted by molar-refractivity contribution is 5.79. The Kier molecular flexibility index (Phi) is 1.84. The van der Waals surface area contributed by atoms with Gasteiger partial charge >= 0.3 is 0 Å². The summed E-state index contributed by atoms with van der Waals surface area (Å²) < 4.78 is 0. The molecule has 0 radical (unpaired) electrons. The summed E-state index contributed by atoms with van der Waals surface area (Å²) in [6.07, 6.45) is 2.69. The van der Waals surface area contributed by atoms with Gasteiger partial charge in [-0.1, -0.05) is 20.8 Å². The van der Waals surface area contributed by atoms with E-state index in [9.17, 15) is 4.79 Å². The highest BCUT2D eigenvalue weighted by atomic mass is 16.1. The second-order valence-electron chi connectivity index (χ2n) is 4.14. The van der Waals surface area contributed by atoms with Crippen LogP contribution in [-0.2, 0) is 4.79 Å². The fraction of sp³-hybridized carbons (Fsp3) is 0.889. The monoisotopic (exact) mass is 140 g/mol. The maximum absolute atomic E-state index is 11.0. The zero-order valence-electron chi connectivity index (χ0n) is 7.11. The predicted molar refractivity (Wildman–Crippen MR) is 41.8 cm³/mol. The zero-order chi connectivity index (χ0) is 7.78. The van der Waals surface area contributed by atoms with Gasteiger partial charge in [0.1, 0.15) is 5.78 Å². The Morgan fingerprint density at radius 2 is 2.10 bits per heavy atom. The number of carbonyl (C=O) groups is 1. The second-order valence-corrected chi connectivity index (χ2v) is 4.14. The average Bonchev–Trinajstić information content (AvgIpc) is 1.78. The topological polar surface area (TPSA) is 17.1 Å². The van der Waals surface area contributed by atoms with Gasteiger partial charge in [-0.25, -0.2) is 0 Å². The minimum absolute atomic E-state index is 0.259. The lowest BCUT2D eigenvalue weighted by atomic mass is 9.69.